The highest BCUT2D eigenvalue weighted by Crippen LogP contribution is 2.16. The Balaban J connectivity index is 2.62. The van der Waals surface area contributed by atoms with E-state index in [1.54, 1.807) is 18.3 Å². The first-order chi connectivity index (χ1) is 7.16. The standard InChI is InChI=1S/C10H8N2O2S/c1-6(13)12-8-5-7-3-2-4-11-9(7)15-10(8)14/h2-5H,1H3,(H,12,13). The zero-order valence-electron chi connectivity index (χ0n) is 7.98. The fraction of sp³-hybridized carbons (Fsp3) is 0.100. The monoisotopic (exact) mass is 220 g/mol. The number of carbonyl (C=O) groups excluding carboxylic acids is 1. The first-order valence-electron chi connectivity index (χ1n) is 4.33. The van der Waals surface area contributed by atoms with Gasteiger partial charge in [-0.25, -0.2) is 4.98 Å². The summed E-state index contributed by atoms with van der Waals surface area (Å²) in [6, 6.07) is 5.28. The zero-order valence-corrected chi connectivity index (χ0v) is 8.80. The highest BCUT2D eigenvalue weighted by Gasteiger charge is 2.04. The second-order valence-electron chi connectivity index (χ2n) is 3.03. The van der Waals surface area contributed by atoms with Crippen molar-refractivity contribution in [3.8, 4) is 0 Å². The molecule has 1 N–H and O–H groups in total. The largest absolute Gasteiger partial charge is 0.322 e. The average molecular weight is 220 g/mol. The van der Waals surface area contributed by atoms with Crippen LogP contribution in [-0.2, 0) is 4.79 Å². The molecule has 0 aliphatic heterocycles. The molecule has 2 rings (SSSR count). The minimum Gasteiger partial charge on any atom is -0.322 e. The summed E-state index contributed by atoms with van der Waals surface area (Å²) >= 11 is 1.03. The summed E-state index contributed by atoms with van der Waals surface area (Å²) in [5.41, 5.74) is 0.313. The first-order valence-corrected chi connectivity index (χ1v) is 5.15. The maximum Gasteiger partial charge on any atom is 0.257 e. The number of aromatic nitrogens is 1. The summed E-state index contributed by atoms with van der Waals surface area (Å²) in [6.07, 6.45) is 1.64. The van der Waals surface area contributed by atoms with Crippen molar-refractivity contribution in [3.05, 3.63) is 33.9 Å². The van der Waals surface area contributed by atoms with Crippen LogP contribution in [0, 0.1) is 0 Å². The second kappa shape index (κ2) is 3.78. The van der Waals surface area contributed by atoms with Crippen LogP contribution in [0.25, 0.3) is 10.2 Å². The van der Waals surface area contributed by atoms with E-state index in [4.69, 9.17) is 0 Å². The number of fused-ring (bicyclic) bond motifs is 1. The topological polar surface area (TPSA) is 59.1 Å². The van der Waals surface area contributed by atoms with Gasteiger partial charge in [0, 0.05) is 18.5 Å². The van der Waals surface area contributed by atoms with Crippen LogP contribution in [0.4, 0.5) is 5.69 Å². The number of hydrogen-bond donors (Lipinski definition) is 1. The average Bonchev–Trinajstić information content (AvgIpc) is 2.18. The lowest BCUT2D eigenvalue weighted by Crippen LogP contribution is -2.12. The van der Waals surface area contributed by atoms with Gasteiger partial charge in [-0.3, -0.25) is 9.59 Å². The summed E-state index contributed by atoms with van der Waals surface area (Å²) in [6.45, 7) is 1.37. The maximum absolute atomic E-state index is 11.5. The smallest absolute Gasteiger partial charge is 0.257 e. The Hall–Kier alpha value is -1.75. The molecule has 0 saturated heterocycles. The third-order valence-electron chi connectivity index (χ3n) is 1.82. The van der Waals surface area contributed by atoms with Crippen LogP contribution in [0.5, 0.6) is 0 Å². The van der Waals surface area contributed by atoms with Crippen LogP contribution < -0.4 is 10.1 Å². The molecular weight excluding hydrogens is 212 g/mol. The van der Waals surface area contributed by atoms with Gasteiger partial charge in [-0.05, 0) is 12.1 Å². The van der Waals surface area contributed by atoms with Gasteiger partial charge in [0.1, 0.15) is 10.5 Å². The lowest BCUT2D eigenvalue weighted by molar-refractivity contribution is -0.114. The Kier molecular flexibility index (Phi) is 2.47. The third kappa shape index (κ3) is 2.02. The van der Waals surface area contributed by atoms with Crippen molar-refractivity contribution in [1.29, 1.82) is 0 Å². The highest BCUT2D eigenvalue weighted by atomic mass is 32.1. The number of pyridine rings is 1. The van der Waals surface area contributed by atoms with Crippen molar-refractivity contribution in [3.63, 3.8) is 0 Å². The molecule has 0 saturated carbocycles. The van der Waals surface area contributed by atoms with Crippen LogP contribution in [0.15, 0.2) is 29.2 Å². The molecule has 0 spiro atoms. The molecule has 4 nitrogen and oxygen atoms in total. The van der Waals surface area contributed by atoms with E-state index in [1.807, 2.05) is 6.07 Å². The highest BCUT2D eigenvalue weighted by molar-refractivity contribution is 7.16. The fourth-order valence-corrected chi connectivity index (χ4v) is 1.99. The van der Waals surface area contributed by atoms with Gasteiger partial charge in [0.2, 0.25) is 5.91 Å². The van der Waals surface area contributed by atoms with Crippen LogP contribution in [0.1, 0.15) is 6.92 Å². The maximum atomic E-state index is 11.5. The summed E-state index contributed by atoms with van der Waals surface area (Å²) in [5, 5.41) is 3.35. The molecule has 0 aliphatic rings. The molecule has 0 aliphatic carbocycles. The molecule has 0 bridgehead atoms. The molecule has 1 amide bonds. The number of nitrogens with one attached hydrogen (secondary N) is 1. The van der Waals surface area contributed by atoms with Gasteiger partial charge < -0.3 is 5.32 Å². The Morgan fingerprint density at radius 2 is 2.33 bits per heavy atom. The first kappa shape index (κ1) is 9.79. The molecule has 2 aromatic rings. The van der Waals surface area contributed by atoms with E-state index in [2.05, 4.69) is 10.3 Å². The molecule has 76 valence electrons. The quantitative estimate of drug-likeness (QED) is 0.794. The minimum atomic E-state index is -0.248. The van der Waals surface area contributed by atoms with Crippen molar-refractivity contribution in [1.82, 2.24) is 4.98 Å². The van der Waals surface area contributed by atoms with Crippen molar-refractivity contribution in [2.45, 2.75) is 6.92 Å². The van der Waals surface area contributed by atoms with E-state index in [-0.39, 0.29) is 10.6 Å². The number of nitrogens with zero attached hydrogens (tertiary/aromatic N) is 1. The van der Waals surface area contributed by atoms with Crippen LogP contribution in [0.3, 0.4) is 0 Å². The van der Waals surface area contributed by atoms with E-state index < -0.39 is 0 Å². The van der Waals surface area contributed by atoms with Crippen LogP contribution >= 0.6 is 11.3 Å². The third-order valence-corrected chi connectivity index (χ3v) is 2.76. The second-order valence-corrected chi connectivity index (χ2v) is 3.99. The molecule has 0 atom stereocenters. The predicted molar refractivity (Wildman–Crippen MR) is 60.2 cm³/mol. The van der Waals surface area contributed by atoms with Gasteiger partial charge in [0.15, 0.2) is 0 Å². The van der Waals surface area contributed by atoms with Gasteiger partial charge in [0.05, 0.1) is 0 Å². The van der Waals surface area contributed by atoms with E-state index in [0.717, 1.165) is 16.7 Å². The van der Waals surface area contributed by atoms with Gasteiger partial charge in [-0.15, -0.1) is 0 Å². The van der Waals surface area contributed by atoms with Crippen molar-refractivity contribution in [2.75, 3.05) is 5.32 Å². The lowest BCUT2D eigenvalue weighted by atomic mass is 10.3. The minimum absolute atomic E-state index is 0.184. The zero-order chi connectivity index (χ0) is 10.8. The van der Waals surface area contributed by atoms with Gasteiger partial charge in [-0.1, -0.05) is 17.4 Å². The predicted octanol–water partition coefficient (Wildman–Crippen LogP) is 1.61. The summed E-state index contributed by atoms with van der Waals surface area (Å²) in [7, 11) is 0. The Bertz CT molecular complexity index is 577. The van der Waals surface area contributed by atoms with E-state index in [0.29, 0.717) is 10.5 Å². The Morgan fingerprint density at radius 3 is 3.07 bits per heavy atom. The van der Waals surface area contributed by atoms with E-state index in [1.165, 1.54) is 6.92 Å². The van der Waals surface area contributed by atoms with Crippen molar-refractivity contribution >= 4 is 33.1 Å². The summed E-state index contributed by atoms with van der Waals surface area (Å²) in [4.78, 5) is 27.1. The van der Waals surface area contributed by atoms with Gasteiger partial charge >= 0.3 is 0 Å². The summed E-state index contributed by atoms with van der Waals surface area (Å²) < 4.78 is -0.184. The number of anilines is 1. The van der Waals surface area contributed by atoms with E-state index >= 15 is 0 Å². The molecule has 2 aromatic heterocycles. The Labute approximate surface area is 89.6 Å². The fourth-order valence-electron chi connectivity index (χ4n) is 1.23. The molecule has 0 fully saturated rings. The number of hydrogen-bond acceptors (Lipinski definition) is 4. The van der Waals surface area contributed by atoms with Crippen molar-refractivity contribution in [2.24, 2.45) is 0 Å². The van der Waals surface area contributed by atoms with Gasteiger partial charge in [-0.2, -0.15) is 0 Å². The molecule has 0 aromatic carbocycles. The SMILES string of the molecule is CC(=O)Nc1cc2cccnc2sc1=O. The Morgan fingerprint density at radius 1 is 1.53 bits per heavy atom. The van der Waals surface area contributed by atoms with E-state index in [9.17, 15) is 9.59 Å². The van der Waals surface area contributed by atoms with Crippen molar-refractivity contribution < 1.29 is 4.79 Å². The number of amides is 1. The molecule has 2 heterocycles. The lowest BCUT2D eigenvalue weighted by Gasteiger charge is -2.01. The van der Waals surface area contributed by atoms with Crippen LogP contribution in [0.2, 0.25) is 0 Å². The molecular formula is C10H8N2O2S. The van der Waals surface area contributed by atoms with Gasteiger partial charge in [0.25, 0.3) is 4.74 Å². The summed E-state index contributed by atoms with van der Waals surface area (Å²) in [5.74, 6) is -0.248. The molecule has 5 heteroatoms. The molecule has 0 radical (unpaired) electrons. The normalized spacial score (nSPS) is 10.2. The number of rotatable bonds is 1. The molecule has 15 heavy (non-hydrogen) atoms. The number of carbonyl (C=O) groups is 1. The molecule has 0 unspecified atom stereocenters. The van der Waals surface area contributed by atoms with Crippen LogP contribution in [-0.4, -0.2) is 10.9 Å².